The van der Waals surface area contributed by atoms with Crippen molar-refractivity contribution in [3.8, 4) is 0 Å². The van der Waals surface area contributed by atoms with Crippen LogP contribution < -0.4 is 5.32 Å². The van der Waals surface area contributed by atoms with Crippen LogP contribution in [0.5, 0.6) is 0 Å². The van der Waals surface area contributed by atoms with Gasteiger partial charge in [-0.25, -0.2) is 9.97 Å². The molecule has 1 unspecified atom stereocenters. The number of carbonyl (C=O) groups excluding carboxylic acids is 1. The lowest BCUT2D eigenvalue weighted by Gasteiger charge is -2.35. The van der Waals surface area contributed by atoms with Crippen LogP contribution in [-0.4, -0.2) is 39.9 Å². The van der Waals surface area contributed by atoms with Crippen molar-refractivity contribution in [2.75, 3.05) is 18.4 Å². The van der Waals surface area contributed by atoms with Crippen molar-refractivity contribution < 1.29 is 4.79 Å². The van der Waals surface area contributed by atoms with E-state index in [2.05, 4.69) is 36.1 Å². The van der Waals surface area contributed by atoms with Crippen molar-refractivity contribution in [3.05, 3.63) is 18.1 Å². The maximum Gasteiger partial charge on any atom is 0.272 e. The molecule has 0 bridgehead atoms. The minimum atomic E-state index is 0.0385. The van der Waals surface area contributed by atoms with Gasteiger partial charge in [-0.1, -0.05) is 20.8 Å². The summed E-state index contributed by atoms with van der Waals surface area (Å²) >= 11 is 0. The summed E-state index contributed by atoms with van der Waals surface area (Å²) in [4.78, 5) is 23.0. The second kappa shape index (κ2) is 7.38. The van der Waals surface area contributed by atoms with E-state index >= 15 is 0 Å². The highest BCUT2D eigenvalue weighted by Gasteiger charge is 2.27. The average molecular weight is 290 g/mol. The zero-order valence-corrected chi connectivity index (χ0v) is 13.3. The Hall–Kier alpha value is -1.65. The first-order chi connectivity index (χ1) is 10.1. The van der Waals surface area contributed by atoms with Crippen LogP contribution >= 0.6 is 0 Å². The molecule has 5 nitrogen and oxygen atoms in total. The molecule has 1 aromatic heterocycles. The largest absolute Gasteiger partial charge is 0.370 e. The maximum atomic E-state index is 12.7. The molecule has 1 aliphatic heterocycles. The molecule has 5 heteroatoms. The fourth-order valence-electron chi connectivity index (χ4n) is 2.72. The summed E-state index contributed by atoms with van der Waals surface area (Å²) in [5, 5.41) is 3.25. The Morgan fingerprint density at radius 3 is 2.95 bits per heavy atom. The van der Waals surface area contributed by atoms with Crippen LogP contribution in [0.15, 0.2) is 12.4 Å². The zero-order valence-electron chi connectivity index (χ0n) is 13.3. The highest BCUT2D eigenvalue weighted by molar-refractivity contribution is 5.93. The first kappa shape index (κ1) is 15.7. The molecule has 116 valence electrons. The number of nitrogens with one attached hydrogen (secondary N) is 1. The zero-order chi connectivity index (χ0) is 15.2. The van der Waals surface area contributed by atoms with Crippen LogP contribution in [0.3, 0.4) is 0 Å². The Bertz CT molecular complexity index is 475. The van der Waals surface area contributed by atoms with E-state index in [0.29, 0.717) is 17.7 Å². The molecule has 1 saturated heterocycles. The number of anilines is 1. The van der Waals surface area contributed by atoms with Gasteiger partial charge in [-0.05, 0) is 31.6 Å². The molecule has 2 rings (SSSR count). The highest BCUT2D eigenvalue weighted by Crippen LogP contribution is 2.21. The normalized spacial score (nSPS) is 18.9. The van der Waals surface area contributed by atoms with Gasteiger partial charge in [0, 0.05) is 25.2 Å². The summed E-state index contributed by atoms with van der Waals surface area (Å²) < 4.78 is 0. The van der Waals surface area contributed by atoms with Crippen LogP contribution in [-0.2, 0) is 0 Å². The Kier molecular flexibility index (Phi) is 5.53. The fourth-order valence-corrected chi connectivity index (χ4v) is 2.72. The van der Waals surface area contributed by atoms with Crippen LogP contribution in [0.4, 0.5) is 5.82 Å². The summed E-state index contributed by atoms with van der Waals surface area (Å²) in [6, 6.07) is 2.12. The maximum absolute atomic E-state index is 12.7. The molecule has 0 aliphatic carbocycles. The van der Waals surface area contributed by atoms with Gasteiger partial charge in [0.05, 0.1) is 0 Å². The van der Waals surface area contributed by atoms with Gasteiger partial charge in [0.1, 0.15) is 17.8 Å². The second-order valence-corrected chi connectivity index (χ2v) is 6.12. The molecule has 0 aromatic carbocycles. The molecule has 1 amide bonds. The number of piperidine rings is 1. The summed E-state index contributed by atoms with van der Waals surface area (Å²) in [5.41, 5.74) is 0.497. The molecule has 1 aliphatic rings. The smallest absolute Gasteiger partial charge is 0.272 e. The standard InChI is InChI=1S/C16H26N4O/c1-4-13-7-5-6-8-20(13)16(21)14-9-15(19-11-18-14)17-10-12(2)3/h9,11-13H,4-8,10H2,1-3H3,(H,17,18,19). The predicted molar refractivity (Wildman–Crippen MR) is 84.3 cm³/mol. The Labute approximate surface area is 127 Å². The van der Waals surface area contributed by atoms with Crippen molar-refractivity contribution >= 4 is 11.7 Å². The van der Waals surface area contributed by atoms with Gasteiger partial charge < -0.3 is 10.2 Å². The number of hydrogen-bond donors (Lipinski definition) is 1. The van der Waals surface area contributed by atoms with Gasteiger partial charge in [0.15, 0.2) is 0 Å². The molecule has 1 aromatic rings. The molecule has 1 N–H and O–H groups in total. The highest BCUT2D eigenvalue weighted by atomic mass is 16.2. The third kappa shape index (κ3) is 4.16. The summed E-state index contributed by atoms with van der Waals surface area (Å²) in [6.45, 7) is 8.10. The molecule has 0 spiro atoms. The molecular formula is C16H26N4O. The third-order valence-corrected chi connectivity index (χ3v) is 3.94. The predicted octanol–water partition coefficient (Wildman–Crippen LogP) is 2.95. The lowest BCUT2D eigenvalue weighted by Crippen LogP contribution is -2.43. The molecule has 21 heavy (non-hydrogen) atoms. The number of amides is 1. The molecule has 1 atom stereocenters. The van der Waals surface area contributed by atoms with Crippen LogP contribution in [0.2, 0.25) is 0 Å². The first-order valence-corrected chi connectivity index (χ1v) is 7.98. The minimum absolute atomic E-state index is 0.0385. The van der Waals surface area contributed by atoms with Gasteiger partial charge in [-0.3, -0.25) is 4.79 Å². The van der Waals surface area contributed by atoms with E-state index in [1.54, 1.807) is 6.07 Å². The van der Waals surface area contributed by atoms with Crippen LogP contribution in [0, 0.1) is 5.92 Å². The summed E-state index contributed by atoms with van der Waals surface area (Å²) in [5.74, 6) is 1.30. The topological polar surface area (TPSA) is 58.1 Å². The number of aromatic nitrogens is 2. The number of carbonyl (C=O) groups is 1. The number of hydrogen-bond acceptors (Lipinski definition) is 4. The van der Waals surface area contributed by atoms with Crippen molar-refractivity contribution in [2.24, 2.45) is 5.92 Å². The minimum Gasteiger partial charge on any atom is -0.370 e. The van der Waals surface area contributed by atoms with Gasteiger partial charge in [-0.2, -0.15) is 0 Å². The monoisotopic (exact) mass is 290 g/mol. The molecule has 0 saturated carbocycles. The second-order valence-electron chi connectivity index (χ2n) is 6.12. The molecule has 0 radical (unpaired) electrons. The van der Waals surface area contributed by atoms with Gasteiger partial charge >= 0.3 is 0 Å². The van der Waals surface area contributed by atoms with Crippen molar-refractivity contribution in [3.63, 3.8) is 0 Å². The van der Waals surface area contributed by atoms with Gasteiger partial charge in [-0.15, -0.1) is 0 Å². The van der Waals surface area contributed by atoms with Crippen LogP contribution in [0.1, 0.15) is 56.9 Å². The third-order valence-electron chi connectivity index (χ3n) is 3.94. The lowest BCUT2D eigenvalue weighted by atomic mass is 9.99. The first-order valence-electron chi connectivity index (χ1n) is 7.98. The van der Waals surface area contributed by atoms with Crippen molar-refractivity contribution in [2.45, 2.75) is 52.5 Å². The van der Waals surface area contributed by atoms with E-state index in [1.165, 1.54) is 12.7 Å². The van der Waals surface area contributed by atoms with Crippen molar-refractivity contribution in [1.82, 2.24) is 14.9 Å². The van der Waals surface area contributed by atoms with Crippen LogP contribution in [0.25, 0.3) is 0 Å². The summed E-state index contributed by atoms with van der Waals surface area (Å²) in [6.07, 6.45) is 5.89. The Morgan fingerprint density at radius 2 is 2.24 bits per heavy atom. The van der Waals surface area contributed by atoms with E-state index in [9.17, 15) is 4.79 Å². The van der Waals surface area contributed by atoms with E-state index in [1.807, 2.05) is 4.90 Å². The SMILES string of the molecule is CCC1CCCCN1C(=O)c1cc(NCC(C)C)ncn1. The Morgan fingerprint density at radius 1 is 1.43 bits per heavy atom. The van der Waals surface area contributed by atoms with E-state index in [4.69, 9.17) is 0 Å². The van der Waals surface area contributed by atoms with Crippen molar-refractivity contribution in [1.29, 1.82) is 0 Å². The van der Waals surface area contributed by atoms with E-state index in [-0.39, 0.29) is 5.91 Å². The molecule has 1 fully saturated rings. The lowest BCUT2D eigenvalue weighted by molar-refractivity contribution is 0.0602. The van der Waals surface area contributed by atoms with E-state index in [0.717, 1.165) is 38.2 Å². The number of likely N-dealkylation sites (tertiary alicyclic amines) is 1. The average Bonchev–Trinajstić information content (AvgIpc) is 2.52. The number of rotatable bonds is 5. The van der Waals surface area contributed by atoms with E-state index < -0.39 is 0 Å². The molecule has 2 heterocycles. The van der Waals surface area contributed by atoms with Gasteiger partial charge in [0.25, 0.3) is 5.91 Å². The quantitative estimate of drug-likeness (QED) is 0.906. The molecular weight excluding hydrogens is 264 g/mol. The summed E-state index contributed by atoms with van der Waals surface area (Å²) in [7, 11) is 0. The van der Waals surface area contributed by atoms with Gasteiger partial charge in [0.2, 0.25) is 0 Å². The Balaban J connectivity index is 2.09. The fraction of sp³-hybridized carbons (Fsp3) is 0.688. The number of nitrogens with zero attached hydrogens (tertiary/aromatic N) is 3.